The Morgan fingerprint density at radius 1 is 1.35 bits per heavy atom. The molecule has 20 heavy (non-hydrogen) atoms. The van der Waals surface area contributed by atoms with Gasteiger partial charge in [0, 0.05) is 18.7 Å². The highest BCUT2D eigenvalue weighted by atomic mass is 16.5. The molecule has 5 nitrogen and oxygen atoms in total. The number of carbonyl (C=O) groups is 2. The van der Waals surface area contributed by atoms with E-state index >= 15 is 0 Å². The second kappa shape index (κ2) is 6.77. The summed E-state index contributed by atoms with van der Waals surface area (Å²) in [6, 6.07) is 0.153. The maximum Gasteiger partial charge on any atom is 0.413 e. The second-order valence-corrected chi connectivity index (χ2v) is 5.43. The van der Waals surface area contributed by atoms with E-state index in [0.29, 0.717) is 24.9 Å². The second-order valence-electron chi connectivity index (χ2n) is 5.43. The van der Waals surface area contributed by atoms with Crippen LogP contribution in [0.3, 0.4) is 0 Å². The molecule has 0 spiro atoms. The third-order valence-electron chi connectivity index (χ3n) is 4.33. The molecule has 2 rings (SSSR count). The summed E-state index contributed by atoms with van der Waals surface area (Å²) in [4.78, 5) is 25.2. The number of nitrogens with zero attached hydrogens (tertiary/aromatic N) is 1. The van der Waals surface area contributed by atoms with E-state index in [1.807, 2.05) is 19.2 Å². The minimum Gasteiger partial charge on any atom is -0.466 e. The minimum absolute atomic E-state index is 0.127. The molecule has 2 aliphatic rings. The van der Waals surface area contributed by atoms with Crippen molar-refractivity contribution in [3.05, 3.63) is 12.3 Å². The molecule has 1 heterocycles. The van der Waals surface area contributed by atoms with Gasteiger partial charge in [-0.3, -0.25) is 9.69 Å². The van der Waals surface area contributed by atoms with Crippen LogP contribution in [0, 0.1) is 11.8 Å². The van der Waals surface area contributed by atoms with Crippen molar-refractivity contribution in [1.29, 1.82) is 0 Å². The summed E-state index contributed by atoms with van der Waals surface area (Å²) in [6.45, 7) is 2.25. The number of rotatable bonds is 3. The molecular weight excluding hydrogens is 258 g/mol. The Kier molecular flexibility index (Phi) is 5.04. The number of ether oxygens (including phenoxy) is 2. The lowest BCUT2D eigenvalue weighted by Crippen LogP contribution is -2.48. The fraction of sp³-hybridized carbons (Fsp3) is 0.733. The number of methoxy groups -OCH3 is 1. The van der Waals surface area contributed by atoms with Crippen molar-refractivity contribution in [3.63, 3.8) is 0 Å². The maximum atomic E-state index is 11.8. The van der Waals surface area contributed by atoms with E-state index in [9.17, 15) is 9.59 Å². The summed E-state index contributed by atoms with van der Waals surface area (Å²) in [5, 5.41) is 0. The summed E-state index contributed by atoms with van der Waals surface area (Å²) in [7, 11) is 1.40. The van der Waals surface area contributed by atoms with Crippen molar-refractivity contribution < 1.29 is 19.1 Å². The highest BCUT2D eigenvalue weighted by molar-refractivity contribution is 5.70. The summed E-state index contributed by atoms with van der Waals surface area (Å²) in [6.07, 6.45) is 7.92. The number of carbonyl (C=O) groups excluding carboxylic acids is 2. The van der Waals surface area contributed by atoms with Gasteiger partial charge in [0.1, 0.15) is 0 Å². The van der Waals surface area contributed by atoms with Crippen molar-refractivity contribution in [2.75, 3.05) is 13.7 Å². The number of esters is 1. The number of fused-ring (bicyclic) bond motifs is 1. The van der Waals surface area contributed by atoms with Gasteiger partial charge in [0.25, 0.3) is 0 Å². The van der Waals surface area contributed by atoms with E-state index in [4.69, 9.17) is 9.47 Å². The first kappa shape index (κ1) is 14.9. The molecule has 0 saturated heterocycles. The van der Waals surface area contributed by atoms with Crippen molar-refractivity contribution >= 4 is 12.1 Å². The maximum absolute atomic E-state index is 11.8. The molecule has 3 atom stereocenters. The summed E-state index contributed by atoms with van der Waals surface area (Å²) < 4.78 is 9.90. The van der Waals surface area contributed by atoms with E-state index in [1.54, 1.807) is 4.90 Å². The zero-order valence-corrected chi connectivity index (χ0v) is 12.2. The van der Waals surface area contributed by atoms with Crippen LogP contribution in [-0.2, 0) is 14.3 Å². The van der Waals surface area contributed by atoms with Crippen LogP contribution < -0.4 is 0 Å². The van der Waals surface area contributed by atoms with Gasteiger partial charge >= 0.3 is 12.1 Å². The first-order chi connectivity index (χ1) is 9.67. The molecule has 0 aromatic heterocycles. The van der Waals surface area contributed by atoms with Crippen molar-refractivity contribution in [2.45, 2.75) is 45.1 Å². The lowest BCUT2D eigenvalue weighted by atomic mass is 9.71. The average molecular weight is 281 g/mol. The van der Waals surface area contributed by atoms with Gasteiger partial charge in [-0.05, 0) is 38.0 Å². The van der Waals surface area contributed by atoms with Gasteiger partial charge in [0.15, 0.2) is 0 Å². The lowest BCUT2D eigenvalue weighted by Gasteiger charge is -2.44. The van der Waals surface area contributed by atoms with Gasteiger partial charge in [-0.25, -0.2) is 4.79 Å². The molecule has 0 aromatic carbocycles. The molecule has 1 fully saturated rings. The Morgan fingerprint density at radius 2 is 2.15 bits per heavy atom. The zero-order chi connectivity index (χ0) is 14.5. The minimum atomic E-state index is -0.312. The van der Waals surface area contributed by atoms with Gasteiger partial charge in [0.05, 0.1) is 13.7 Å². The summed E-state index contributed by atoms with van der Waals surface area (Å²) in [5.41, 5.74) is 0. The van der Waals surface area contributed by atoms with Crippen LogP contribution in [0.15, 0.2) is 12.3 Å². The van der Waals surface area contributed by atoms with Gasteiger partial charge < -0.3 is 9.47 Å². The normalized spacial score (nSPS) is 28.7. The van der Waals surface area contributed by atoms with E-state index < -0.39 is 0 Å². The van der Waals surface area contributed by atoms with Crippen LogP contribution in [0.2, 0.25) is 0 Å². The average Bonchev–Trinajstić information content (AvgIpc) is 2.46. The van der Waals surface area contributed by atoms with Crippen LogP contribution in [-0.4, -0.2) is 36.7 Å². The number of allylic oxidation sites excluding steroid dienone is 1. The fourth-order valence-corrected chi connectivity index (χ4v) is 3.46. The molecule has 1 saturated carbocycles. The molecule has 0 aromatic rings. The van der Waals surface area contributed by atoms with Gasteiger partial charge in [0.2, 0.25) is 0 Å². The van der Waals surface area contributed by atoms with E-state index in [1.165, 1.54) is 7.11 Å². The third kappa shape index (κ3) is 3.14. The monoisotopic (exact) mass is 281 g/mol. The van der Waals surface area contributed by atoms with E-state index in [2.05, 4.69) is 0 Å². The molecule has 112 valence electrons. The molecule has 0 N–H and O–H groups in total. The molecule has 0 radical (unpaired) electrons. The van der Waals surface area contributed by atoms with Crippen molar-refractivity contribution in [3.8, 4) is 0 Å². The molecular formula is C15H23NO4. The van der Waals surface area contributed by atoms with Crippen molar-refractivity contribution in [2.24, 2.45) is 11.8 Å². The predicted octanol–water partition coefficient (Wildman–Crippen LogP) is 2.71. The van der Waals surface area contributed by atoms with E-state index in [0.717, 1.165) is 25.7 Å². The van der Waals surface area contributed by atoms with Crippen molar-refractivity contribution in [1.82, 2.24) is 4.90 Å². The van der Waals surface area contributed by atoms with Crippen LogP contribution in [0.5, 0.6) is 0 Å². The smallest absolute Gasteiger partial charge is 0.413 e. The molecule has 1 aliphatic carbocycles. The topological polar surface area (TPSA) is 55.8 Å². The third-order valence-corrected chi connectivity index (χ3v) is 4.33. The Labute approximate surface area is 119 Å². The molecule has 5 heteroatoms. The molecule has 1 amide bonds. The number of hydrogen-bond acceptors (Lipinski definition) is 4. The standard InChI is InChI=1S/C15H23NO4/c1-3-20-14(17)10-11-6-4-8-13-12(11)7-5-9-16(13)15(18)19-2/h5,9,11-13H,3-4,6-8,10H2,1-2H3/t11-,12+,13-/m0/s1. The van der Waals surface area contributed by atoms with Gasteiger partial charge in [-0.1, -0.05) is 12.5 Å². The van der Waals surface area contributed by atoms with E-state index in [-0.39, 0.29) is 18.1 Å². The quantitative estimate of drug-likeness (QED) is 0.746. The Hall–Kier alpha value is -1.52. The van der Waals surface area contributed by atoms with Crippen LogP contribution in [0.4, 0.5) is 4.79 Å². The SMILES string of the molecule is CCOC(=O)C[C@@H]1CCC[C@H]2[C@@H]1CC=CN2C(=O)OC. The number of amides is 1. The Bertz CT molecular complexity index is 393. The Morgan fingerprint density at radius 3 is 2.85 bits per heavy atom. The van der Waals surface area contributed by atoms with Gasteiger partial charge in [-0.15, -0.1) is 0 Å². The molecule has 0 unspecified atom stereocenters. The first-order valence-electron chi connectivity index (χ1n) is 7.36. The molecule has 1 aliphatic heterocycles. The number of hydrogen-bond donors (Lipinski definition) is 0. The largest absolute Gasteiger partial charge is 0.466 e. The highest BCUT2D eigenvalue weighted by Gasteiger charge is 2.40. The van der Waals surface area contributed by atoms with Crippen LogP contribution >= 0.6 is 0 Å². The zero-order valence-electron chi connectivity index (χ0n) is 12.2. The summed E-state index contributed by atoms with van der Waals surface area (Å²) in [5.74, 6) is 0.500. The van der Waals surface area contributed by atoms with Crippen LogP contribution in [0.25, 0.3) is 0 Å². The molecule has 0 bridgehead atoms. The van der Waals surface area contributed by atoms with Gasteiger partial charge in [-0.2, -0.15) is 0 Å². The van der Waals surface area contributed by atoms with Crippen LogP contribution in [0.1, 0.15) is 39.0 Å². The lowest BCUT2D eigenvalue weighted by molar-refractivity contribution is -0.145. The summed E-state index contributed by atoms with van der Waals surface area (Å²) >= 11 is 0. The Balaban J connectivity index is 2.06. The predicted molar refractivity (Wildman–Crippen MR) is 73.9 cm³/mol. The fourth-order valence-electron chi connectivity index (χ4n) is 3.46. The highest BCUT2D eigenvalue weighted by Crippen LogP contribution is 2.40. The first-order valence-corrected chi connectivity index (χ1v) is 7.36.